The van der Waals surface area contributed by atoms with Crippen LogP contribution in [-0.2, 0) is 0 Å². The molecule has 0 saturated heterocycles. The Morgan fingerprint density at radius 1 is 1.04 bits per heavy atom. The second kappa shape index (κ2) is 6.93. The van der Waals surface area contributed by atoms with Crippen molar-refractivity contribution in [2.75, 3.05) is 5.32 Å². The minimum absolute atomic E-state index is 0.203. The normalized spacial score (nSPS) is 11.3. The number of carbonyl (C=O) groups is 1. The number of hydrogen-bond donors (Lipinski definition) is 1. The molecule has 5 heteroatoms. The summed E-state index contributed by atoms with van der Waals surface area (Å²) < 4.78 is 5.27. The van der Waals surface area contributed by atoms with Crippen molar-refractivity contribution in [3.63, 3.8) is 0 Å². The Kier molecular flexibility index (Phi) is 4.43. The van der Waals surface area contributed by atoms with Crippen LogP contribution in [0.1, 0.15) is 41.4 Å². The minimum atomic E-state index is -0.407. The predicted octanol–water partition coefficient (Wildman–Crippen LogP) is 5.03. The van der Waals surface area contributed by atoms with Crippen LogP contribution in [-0.4, -0.2) is 10.9 Å². The number of rotatable bonds is 3. The van der Waals surface area contributed by atoms with Gasteiger partial charge in [0.1, 0.15) is 5.58 Å². The first-order valence-electron chi connectivity index (χ1n) is 9.18. The average molecular weight is 372 g/mol. The molecule has 0 aliphatic carbocycles. The highest BCUT2D eigenvalue weighted by molar-refractivity contribution is 6.12. The second-order valence-corrected chi connectivity index (χ2v) is 7.18. The fourth-order valence-electron chi connectivity index (χ4n) is 3.28. The van der Waals surface area contributed by atoms with Crippen LogP contribution in [0.5, 0.6) is 0 Å². The Hall–Kier alpha value is -3.47. The van der Waals surface area contributed by atoms with E-state index >= 15 is 0 Å². The van der Waals surface area contributed by atoms with E-state index in [1.165, 1.54) is 6.07 Å². The van der Waals surface area contributed by atoms with Gasteiger partial charge in [-0.05, 0) is 42.7 Å². The van der Waals surface area contributed by atoms with Crippen molar-refractivity contribution in [2.24, 2.45) is 0 Å². The summed E-state index contributed by atoms with van der Waals surface area (Å²) in [5, 5.41) is 4.56. The van der Waals surface area contributed by atoms with Gasteiger partial charge in [-0.15, -0.1) is 0 Å². The molecule has 0 aliphatic heterocycles. The number of aryl methyl sites for hydroxylation is 1. The Morgan fingerprint density at radius 3 is 2.61 bits per heavy atom. The number of para-hydroxylation sites is 1. The molecule has 0 bridgehead atoms. The lowest BCUT2D eigenvalue weighted by Gasteiger charge is -2.12. The smallest absolute Gasteiger partial charge is 0.336 e. The number of nitrogens with zero attached hydrogens (tertiary/aromatic N) is 1. The van der Waals surface area contributed by atoms with Crippen molar-refractivity contribution in [1.82, 2.24) is 4.98 Å². The first-order chi connectivity index (χ1) is 13.4. The highest BCUT2D eigenvalue weighted by Gasteiger charge is 2.15. The zero-order valence-electron chi connectivity index (χ0n) is 15.9. The SMILES string of the molecule is Cc1cc(=O)oc2cc(NC(=O)c3cc(C(C)C)nc4ccccc34)ccc12. The minimum Gasteiger partial charge on any atom is -0.423 e. The Bertz CT molecular complexity index is 1270. The molecule has 2 aromatic carbocycles. The molecule has 28 heavy (non-hydrogen) atoms. The molecule has 0 aliphatic rings. The van der Waals surface area contributed by atoms with Crippen LogP contribution < -0.4 is 10.9 Å². The first-order valence-corrected chi connectivity index (χ1v) is 9.18. The summed E-state index contributed by atoms with van der Waals surface area (Å²) in [7, 11) is 0. The number of pyridine rings is 1. The molecular weight excluding hydrogens is 352 g/mol. The lowest BCUT2D eigenvalue weighted by atomic mass is 10.0. The van der Waals surface area contributed by atoms with E-state index in [4.69, 9.17) is 4.42 Å². The molecular formula is C23H20N2O3. The molecule has 0 saturated carbocycles. The van der Waals surface area contributed by atoms with Gasteiger partial charge in [0.15, 0.2) is 0 Å². The molecule has 140 valence electrons. The van der Waals surface area contributed by atoms with Gasteiger partial charge < -0.3 is 9.73 Å². The molecule has 2 heterocycles. The van der Waals surface area contributed by atoms with Crippen molar-refractivity contribution in [1.29, 1.82) is 0 Å². The molecule has 0 fully saturated rings. The molecule has 0 radical (unpaired) electrons. The van der Waals surface area contributed by atoms with Gasteiger partial charge in [0, 0.05) is 34.3 Å². The molecule has 0 spiro atoms. The van der Waals surface area contributed by atoms with Crippen molar-refractivity contribution in [3.05, 3.63) is 81.8 Å². The van der Waals surface area contributed by atoms with Gasteiger partial charge in [-0.1, -0.05) is 32.0 Å². The zero-order chi connectivity index (χ0) is 19.8. The van der Waals surface area contributed by atoms with E-state index in [1.54, 1.807) is 12.1 Å². The fourth-order valence-corrected chi connectivity index (χ4v) is 3.28. The maximum Gasteiger partial charge on any atom is 0.336 e. The Morgan fingerprint density at radius 2 is 1.82 bits per heavy atom. The second-order valence-electron chi connectivity index (χ2n) is 7.18. The van der Waals surface area contributed by atoms with Gasteiger partial charge in [0.05, 0.1) is 11.1 Å². The van der Waals surface area contributed by atoms with Gasteiger partial charge in [0.2, 0.25) is 0 Å². The Labute approximate surface area is 162 Å². The third-order valence-electron chi connectivity index (χ3n) is 4.78. The van der Waals surface area contributed by atoms with Crippen LogP contribution in [0, 0.1) is 6.92 Å². The number of anilines is 1. The first kappa shape index (κ1) is 17.9. The standard InChI is InChI=1S/C23H20N2O3/c1-13(2)20-12-18(17-6-4-5-7-19(17)25-20)23(27)24-15-8-9-16-14(3)10-22(26)28-21(16)11-15/h4-13H,1-3H3,(H,24,27). The summed E-state index contributed by atoms with van der Waals surface area (Å²) in [6.07, 6.45) is 0. The van der Waals surface area contributed by atoms with Crippen LogP contribution in [0.2, 0.25) is 0 Å². The summed E-state index contributed by atoms with van der Waals surface area (Å²) in [4.78, 5) is 29.3. The van der Waals surface area contributed by atoms with Gasteiger partial charge in [0.25, 0.3) is 5.91 Å². The fraction of sp³-hybridized carbons (Fsp3) is 0.174. The van der Waals surface area contributed by atoms with E-state index in [9.17, 15) is 9.59 Å². The monoisotopic (exact) mass is 372 g/mol. The third kappa shape index (κ3) is 3.27. The summed E-state index contributed by atoms with van der Waals surface area (Å²) in [5.74, 6) is -0.0241. The van der Waals surface area contributed by atoms with Crippen molar-refractivity contribution >= 4 is 33.5 Å². The number of carbonyl (C=O) groups excluding carboxylic acids is 1. The highest BCUT2D eigenvalue weighted by atomic mass is 16.4. The van der Waals surface area contributed by atoms with Crippen molar-refractivity contribution < 1.29 is 9.21 Å². The van der Waals surface area contributed by atoms with E-state index in [2.05, 4.69) is 10.3 Å². The lowest BCUT2D eigenvalue weighted by Crippen LogP contribution is -2.14. The molecule has 4 rings (SSSR count). The number of hydrogen-bond acceptors (Lipinski definition) is 4. The predicted molar refractivity (Wildman–Crippen MR) is 111 cm³/mol. The van der Waals surface area contributed by atoms with E-state index < -0.39 is 5.63 Å². The lowest BCUT2D eigenvalue weighted by molar-refractivity contribution is 0.102. The number of amides is 1. The van der Waals surface area contributed by atoms with Gasteiger partial charge in [-0.2, -0.15) is 0 Å². The zero-order valence-corrected chi connectivity index (χ0v) is 15.9. The Balaban J connectivity index is 1.76. The van der Waals surface area contributed by atoms with Crippen molar-refractivity contribution in [3.8, 4) is 0 Å². The van der Waals surface area contributed by atoms with Gasteiger partial charge in [-0.3, -0.25) is 9.78 Å². The topological polar surface area (TPSA) is 72.2 Å². The number of benzene rings is 2. The summed E-state index contributed by atoms with van der Waals surface area (Å²) in [5.41, 5.74) is 3.67. The van der Waals surface area contributed by atoms with Crippen LogP contribution in [0.3, 0.4) is 0 Å². The largest absolute Gasteiger partial charge is 0.423 e. The molecule has 1 amide bonds. The maximum absolute atomic E-state index is 13.0. The third-order valence-corrected chi connectivity index (χ3v) is 4.78. The van der Waals surface area contributed by atoms with Crippen LogP contribution in [0.25, 0.3) is 21.9 Å². The average Bonchev–Trinajstić information content (AvgIpc) is 2.66. The van der Waals surface area contributed by atoms with E-state index in [0.717, 1.165) is 27.5 Å². The van der Waals surface area contributed by atoms with E-state index in [0.29, 0.717) is 16.8 Å². The van der Waals surface area contributed by atoms with Crippen molar-refractivity contribution in [2.45, 2.75) is 26.7 Å². The molecule has 2 aromatic heterocycles. The number of nitrogens with one attached hydrogen (secondary N) is 1. The van der Waals surface area contributed by atoms with Gasteiger partial charge in [-0.25, -0.2) is 4.79 Å². The molecule has 4 aromatic rings. The molecule has 1 N–H and O–H groups in total. The summed E-state index contributed by atoms with van der Waals surface area (Å²) in [6, 6.07) is 16.2. The molecule has 0 unspecified atom stereocenters. The van der Waals surface area contributed by atoms with Gasteiger partial charge >= 0.3 is 5.63 Å². The van der Waals surface area contributed by atoms with E-state index in [1.807, 2.05) is 57.2 Å². The van der Waals surface area contributed by atoms with Crippen LogP contribution in [0.4, 0.5) is 5.69 Å². The summed E-state index contributed by atoms with van der Waals surface area (Å²) in [6.45, 7) is 5.95. The van der Waals surface area contributed by atoms with Crippen LogP contribution >= 0.6 is 0 Å². The highest BCUT2D eigenvalue weighted by Crippen LogP contribution is 2.25. The summed E-state index contributed by atoms with van der Waals surface area (Å²) >= 11 is 0. The number of aromatic nitrogens is 1. The molecule has 5 nitrogen and oxygen atoms in total. The van der Waals surface area contributed by atoms with Crippen LogP contribution in [0.15, 0.2) is 63.8 Å². The number of fused-ring (bicyclic) bond motifs is 2. The maximum atomic E-state index is 13.0. The quantitative estimate of drug-likeness (QED) is 0.512. The molecule has 0 atom stereocenters. The van der Waals surface area contributed by atoms with E-state index in [-0.39, 0.29) is 11.8 Å².